The molecule has 3 aromatic rings. The number of nitrogens with one attached hydrogen (secondary N) is 3. The van der Waals surface area contributed by atoms with E-state index < -0.39 is 40.5 Å². The van der Waals surface area contributed by atoms with Crippen LogP contribution in [0.3, 0.4) is 0 Å². The van der Waals surface area contributed by atoms with Crippen LogP contribution in [0.25, 0.3) is 0 Å². The Hall–Kier alpha value is -3.93. The number of carbonyl (C=O) groups excluding carboxylic acids is 1. The normalized spacial score (nSPS) is 10.8. The predicted molar refractivity (Wildman–Crippen MR) is 126 cm³/mol. The van der Waals surface area contributed by atoms with Crippen molar-refractivity contribution in [2.45, 2.75) is 26.4 Å². The maximum atomic E-state index is 13.7. The number of H-pyrrole nitrogens is 1. The molecule has 194 valence electrons. The van der Waals surface area contributed by atoms with Gasteiger partial charge < -0.3 is 25.1 Å². The molecule has 0 radical (unpaired) electrons. The highest BCUT2D eigenvalue weighted by Crippen LogP contribution is 2.36. The first kappa shape index (κ1) is 28.3. The van der Waals surface area contributed by atoms with Gasteiger partial charge in [-0.2, -0.15) is 13.2 Å². The van der Waals surface area contributed by atoms with Crippen LogP contribution >= 0.6 is 0 Å². The van der Waals surface area contributed by atoms with Crippen molar-refractivity contribution in [2.75, 3.05) is 25.5 Å². The number of carbonyl (C=O) groups is 1. The van der Waals surface area contributed by atoms with Crippen LogP contribution in [0.1, 0.15) is 36.2 Å². The van der Waals surface area contributed by atoms with Gasteiger partial charge in [0, 0.05) is 30.2 Å². The number of hydrogen-bond donors (Lipinski definition) is 3. The minimum absolute atomic E-state index is 0.0150. The lowest BCUT2D eigenvalue weighted by molar-refractivity contribution is -0.137. The average Bonchev–Trinajstić information content (AvgIpc) is 2.84. The molecule has 0 bridgehead atoms. The monoisotopic (exact) mass is 510 g/mol. The Morgan fingerprint density at radius 2 is 1.86 bits per heavy atom. The number of halogens is 4. The fourth-order valence-electron chi connectivity index (χ4n) is 2.79. The quantitative estimate of drug-likeness (QED) is 0.277. The van der Waals surface area contributed by atoms with E-state index >= 15 is 0 Å². The molecule has 0 atom stereocenters. The third-order valence-electron chi connectivity index (χ3n) is 4.40. The standard InChI is InChI=1S/C22H20F4N4O4.C2H6/c1-27-6-2-8-33-18-10-14(23)3-4-17(18)34-21-16(9-13(12-29-21)22(24,25)26)20(32)30-15-5-7-28-19(31)11-15;1-2/h3-5,7,9-12,27H,2,6,8H2,1H3,(H2,28,30,31,32);1-2H3. The van der Waals surface area contributed by atoms with Crippen molar-refractivity contribution in [1.82, 2.24) is 15.3 Å². The predicted octanol–water partition coefficient (Wildman–Crippen LogP) is 4.99. The number of aromatic nitrogens is 2. The molecule has 3 rings (SSSR count). The van der Waals surface area contributed by atoms with E-state index in [0.717, 1.165) is 18.2 Å². The Morgan fingerprint density at radius 1 is 1.11 bits per heavy atom. The van der Waals surface area contributed by atoms with Gasteiger partial charge in [0.15, 0.2) is 11.5 Å². The molecule has 12 heteroatoms. The van der Waals surface area contributed by atoms with Crippen LogP contribution in [-0.2, 0) is 6.18 Å². The zero-order valence-electron chi connectivity index (χ0n) is 19.8. The molecule has 8 nitrogen and oxygen atoms in total. The van der Waals surface area contributed by atoms with Crippen molar-refractivity contribution in [2.24, 2.45) is 0 Å². The topological polar surface area (TPSA) is 105 Å². The molecule has 0 saturated heterocycles. The molecule has 0 fully saturated rings. The van der Waals surface area contributed by atoms with E-state index in [4.69, 9.17) is 9.47 Å². The number of hydrogen-bond acceptors (Lipinski definition) is 6. The molecular formula is C24H26F4N4O4. The van der Waals surface area contributed by atoms with Gasteiger partial charge in [0.2, 0.25) is 11.4 Å². The van der Waals surface area contributed by atoms with E-state index in [1.165, 1.54) is 18.3 Å². The van der Waals surface area contributed by atoms with Gasteiger partial charge >= 0.3 is 6.18 Å². The number of rotatable bonds is 9. The Balaban J connectivity index is 0.00000222. The molecule has 0 aliphatic heterocycles. The Bertz CT molecular complexity index is 1220. The average molecular weight is 510 g/mol. The second kappa shape index (κ2) is 13.2. The number of nitrogens with zero attached hydrogens (tertiary/aromatic N) is 1. The van der Waals surface area contributed by atoms with Gasteiger partial charge in [0.05, 0.1) is 12.2 Å². The first-order valence-electron chi connectivity index (χ1n) is 11.0. The lowest BCUT2D eigenvalue weighted by Crippen LogP contribution is -2.17. The van der Waals surface area contributed by atoms with Gasteiger partial charge in [0.1, 0.15) is 11.4 Å². The summed E-state index contributed by atoms with van der Waals surface area (Å²) < 4.78 is 64.6. The maximum absolute atomic E-state index is 13.7. The first-order valence-corrected chi connectivity index (χ1v) is 11.0. The van der Waals surface area contributed by atoms with Crippen molar-refractivity contribution < 1.29 is 31.8 Å². The molecular weight excluding hydrogens is 484 g/mol. The summed E-state index contributed by atoms with van der Waals surface area (Å²) in [7, 11) is 1.76. The van der Waals surface area contributed by atoms with E-state index in [-0.39, 0.29) is 23.8 Å². The van der Waals surface area contributed by atoms with E-state index in [2.05, 4.69) is 20.6 Å². The second-order valence-electron chi connectivity index (χ2n) is 6.97. The van der Waals surface area contributed by atoms with Crippen molar-refractivity contribution in [3.63, 3.8) is 0 Å². The van der Waals surface area contributed by atoms with Crippen molar-refractivity contribution in [3.8, 4) is 17.4 Å². The molecule has 3 N–H and O–H groups in total. The largest absolute Gasteiger partial charge is 0.490 e. The van der Waals surface area contributed by atoms with Crippen LogP contribution < -0.4 is 25.7 Å². The summed E-state index contributed by atoms with van der Waals surface area (Å²) in [5.41, 5.74) is -2.21. The molecule has 0 saturated carbocycles. The highest BCUT2D eigenvalue weighted by molar-refractivity contribution is 6.06. The van der Waals surface area contributed by atoms with Crippen LogP contribution in [0.15, 0.2) is 53.6 Å². The highest BCUT2D eigenvalue weighted by atomic mass is 19.4. The lowest BCUT2D eigenvalue weighted by Gasteiger charge is -2.16. The lowest BCUT2D eigenvalue weighted by atomic mass is 10.1. The van der Waals surface area contributed by atoms with Crippen molar-refractivity contribution in [1.29, 1.82) is 0 Å². The van der Waals surface area contributed by atoms with E-state index in [1.54, 1.807) is 7.05 Å². The Labute approximate surface area is 204 Å². The molecule has 1 aromatic carbocycles. The highest BCUT2D eigenvalue weighted by Gasteiger charge is 2.33. The fourth-order valence-corrected chi connectivity index (χ4v) is 2.79. The molecule has 1 amide bonds. The SMILES string of the molecule is CC.CNCCCOc1cc(F)ccc1Oc1ncc(C(F)(F)F)cc1C(=O)Nc1cc[nH]c(=O)c1. The van der Waals surface area contributed by atoms with Gasteiger partial charge in [0.25, 0.3) is 5.91 Å². The smallest absolute Gasteiger partial charge is 0.417 e. The van der Waals surface area contributed by atoms with Gasteiger partial charge in [-0.3, -0.25) is 9.59 Å². The third kappa shape index (κ3) is 8.08. The number of pyridine rings is 2. The van der Waals surface area contributed by atoms with Crippen LogP contribution in [0, 0.1) is 5.82 Å². The number of benzene rings is 1. The number of anilines is 1. The molecule has 36 heavy (non-hydrogen) atoms. The number of alkyl halides is 3. The van der Waals surface area contributed by atoms with Gasteiger partial charge in [-0.15, -0.1) is 0 Å². The Morgan fingerprint density at radius 3 is 2.53 bits per heavy atom. The molecule has 2 heterocycles. The van der Waals surface area contributed by atoms with Crippen LogP contribution in [-0.4, -0.2) is 36.1 Å². The zero-order valence-corrected chi connectivity index (χ0v) is 19.8. The number of ether oxygens (including phenoxy) is 2. The summed E-state index contributed by atoms with van der Waals surface area (Å²) in [6.45, 7) is 4.84. The molecule has 2 aromatic heterocycles. The molecule has 0 aliphatic carbocycles. The maximum Gasteiger partial charge on any atom is 0.417 e. The van der Waals surface area contributed by atoms with Crippen molar-refractivity contribution in [3.05, 3.63) is 76.1 Å². The van der Waals surface area contributed by atoms with Gasteiger partial charge in [-0.05, 0) is 44.3 Å². The van der Waals surface area contributed by atoms with E-state index in [0.29, 0.717) is 25.2 Å². The van der Waals surface area contributed by atoms with Gasteiger partial charge in [-0.25, -0.2) is 9.37 Å². The van der Waals surface area contributed by atoms with E-state index in [9.17, 15) is 27.2 Å². The van der Waals surface area contributed by atoms with Crippen molar-refractivity contribution >= 4 is 11.6 Å². The molecule has 0 unspecified atom stereocenters. The summed E-state index contributed by atoms with van der Waals surface area (Å²) in [5.74, 6) is -2.16. The van der Waals surface area contributed by atoms with Gasteiger partial charge in [-0.1, -0.05) is 13.8 Å². The summed E-state index contributed by atoms with van der Waals surface area (Å²) >= 11 is 0. The van der Waals surface area contributed by atoms with E-state index in [1.807, 2.05) is 13.8 Å². The van der Waals surface area contributed by atoms with Crippen LogP contribution in [0.5, 0.6) is 17.4 Å². The molecule has 0 aliphatic rings. The molecule has 0 spiro atoms. The summed E-state index contributed by atoms with van der Waals surface area (Å²) in [5, 5.41) is 5.26. The summed E-state index contributed by atoms with van der Waals surface area (Å²) in [6.07, 6.45) is -2.41. The fraction of sp³-hybridized carbons (Fsp3) is 0.292. The number of amides is 1. The minimum atomic E-state index is -4.78. The minimum Gasteiger partial charge on any atom is -0.490 e. The second-order valence-corrected chi connectivity index (χ2v) is 6.97. The van der Waals surface area contributed by atoms with Crippen LogP contribution in [0.2, 0.25) is 0 Å². The Kier molecular flexibility index (Phi) is 10.4. The number of aromatic amines is 1. The summed E-state index contributed by atoms with van der Waals surface area (Å²) in [4.78, 5) is 30.3. The summed E-state index contributed by atoms with van der Waals surface area (Å²) in [6, 6.07) is 6.29. The zero-order chi connectivity index (χ0) is 26.7. The first-order chi connectivity index (χ1) is 17.2. The van der Waals surface area contributed by atoms with Crippen LogP contribution in [0.4, 0.5) is 23.2 Å². The third-order valence-corrected chi connectivity index (χ3v) is 4.40.